The SMILES string of the molecule is O=c1n(CCCBr)nc2n1C=Cc1ccccc1C2. The van der Waals surface area contributed by atoms with Gasteiger partial charge in [-0.3, -0.25) is 4.57 Å². The van der Waals surface area contributed by atoms with E-state index in [-0.39, 0.29) is 5.69 Å². The molecular formula is C14H14BrN3O. The molecule has 0 bridgehead atoms. The number of alkyl halides is 1. The van der Waals surface area contributed by atoms with Crippen LogP contribution in [0.5, 0.6) is 0 Å². The number of rotatable bonds is 3. The summed E-state index contributed by atoms with van der Waals surface area (Å²) >= 11 is 3.37. The van der Waals surface area contributed by atoms with Gasteiger partial charge in [-0.25, -0.2) is 9.48 Å². The van der Waals surface area contributed by atoms with E-state index in [0.717, 1.165) is 23.1 Å². The van der Waals surface area contributed by atoms with E-state index in [1.54, 1.807) is 9.25 Å². The van der Waals surface area contributed by atoms with Gasteiger partial charge in [0.25, 0.3) is 0 Å². The van der Waals surface area contributed by atoms with Gasteiger partial charge in [0.05, 0.1) is 0 Å². The lowest BCUT2D eigenvalue weighted by atomic mass is 10.1. The van der Waals surface area contributed by atoms with Crippen LogP contribution >= 0.6 is 15.9 Å². The summed E-state index contributed by atoms with van der Waals surface area (Å²) in [5.74, 6) is 0.806. The maximum absolute atomic E-state index is 12.2. The smallest absolute Gasteiger partial charge is 0.253 e. The molecule has 5 heteroatoms. The number of aromatic nitrogens is 3. The molecule has 19 heavy (non-hydrogen) atoms. The van der Waals surface area contributed by atoms with Gasteiger partial charge in [0.1, 0.15) is 5.82 Å². The summed E-state index contributed by atoms with van der Waals surface area (Å²) in [7, 11) is 0. The molecule has 0 radical (unpaired) electrons. The first-order valence-corrected chi connectivity index (χ1v) is 7.42. The standard InChI is InChI=1S/C14H14BrN3O/c15-7-3-8-18-14(19)17-9-6-11-4-1-2-5-12(11)10-13(17)16-18/h1-2,4-6,9H,3,7-8,10H2. The van der Waals surface area contributed by atoms with Crippen LogP contribution in [0.15, 0.2) is 29.1 Å². The lowest BCUT2D eigenvalue weighted by molar-refractivity contribution is 0.580. The van der Waals surface area contributed by atoms with E-state index in [2.05, 4.69) is 33.2 Å². The molecule has 0 spiro atoms. The monoisotopic (exact) mass is 319 g/mol. The van der Waals surface area contributed by atoms with Crippen LogP contribution in [0, 0.1) is 0 Å². The van der Waals surface area contributed by atoms with Crippen molar-refractivity contribution in [1.29, 1.82) is 0 Å². The number of nitrogens with zero attached hydrogens (tertiary/aromatic N) is 3. The van der Waals surface area contributed by atoms with Gasteiger partial charge >= 0.3 is 5.69 Å². The van der Waals surface area contributed by atoms with Crippen molar-refractivity contribution in [1.82, 2.24) is 14.3 Å². The molecule has 1 aliphatic rings. The van der Waals surface area contributed by atoms with Gasteiger partial charge in [0, 0.05) is 24.5 Å². The predicted octanol–water partition coefficient (Wildman–Crippen LogP) is 2.36. The first-order valence-electron chi connectivity index (χ1n) is 6.30. The van der Waals surface area contributed by atoms with Crippen molar-refractivity contribution in [2.75, 3.05) is 5.33 Å². The molecule has 0 saturated carbocycles. The average Bonchev–Trinajstić information content (AvgIpc) is 2.61. The van der Waals surface area contributed by atoms with Gasteiger partial charge < -0.3 is 0 Å². The van der Waals surface area contributed by atoms with Crippen LogP contribution in [0.25, 0.3) is 12.3 Å². The Morgan fingerprint density at radius 1 is 1.32 bits per heavy atom. The minimum Gasteiger partial charge on any atom is -0.253 e. The molecule has 1 aromatic carbocycles. The van der Waals surface area contributed by atoms with E-state index in [0.29, 0.717) is 13.0 Å². The quantitative estimate of drug-likeness (QED) is 0.695. The molecule has 0 N–H and O–H groups in total. The van der Waals surface area contributed by atoms with E-state index in [9.17, 15) is 4.79 Å². The van der Waals surface area contributed by atoms with Gasteiger partial charge in [0.15, 0.2) is 0 Å². The summed E-state index contributed by atoms with van der Waals surface area (Å²) in [6, 6.07) is 8.16. The molecule has 1 aromatic heterocycles. The molecule has 1 aliphatic heterocycles. The topological polar surface area (TPSA) is 39.8 Å². The Labute approximate surface area is 119 Å². The van der Waals surface area contributed by atoms with E-state index >= 15 is 0 Å². The zero-order valence-corrected chi connectivity index (χ0v) is 12.0. The van der Waals surface area contributed by atoms with Crippen molar-refractivity contribution < 1.29 is 0 Å². The lowest BCUT2D eigenvalue weighted by Gasteiger charge is -2.01. The predicted molar refractivity (Wildman–Crippen MR) is 79.4 cm³/mol. The molecule has 2 heterocycles. The molecule has 0 unspecified atom stereocenters. The molecule has 0 saturated heterocycles. The average molecular weight is 320 g/mol. The summed E-state index contributed by atoms with van der Waals surface area (Å²) in [5, 5.41) is 5.32. The van der Waals surface area contributed by atoms with E-state index < -0.39 is 0 Å². The highest BCUT2D eigenvalue weighted by atomic mass is 79.9. The van der Waals surface area contributed by atoms with Crippen LogP contribution in [0.4, 0.5) is 0 Å². The van der Waals surface area contributed by atoms with Crippen LogP contribution in [0.1, 0.15) is 23.4 Å². The fourth-order valence-electron chi connectivity index (χ4n) is 2.27. The molecule has 0 fully saturated rings. The van der Waals surface area contributed by atoms with Crippen molar-refractivity contribution in [2.24, 2.45) is 0 Å². The second kappa shape index (κ2) is 5.17. The Morgan fingerprint density at radius 2 is 2.16 bits per heavy atom. The Kier molecular flexibility index (Phi) is 3.38. The number of hydrogen-bond acceptors (Lipinski definition) is 2. The number of halogens is 1. The third kappa shape index (κ3) is 2.30. The van der Waals surface area contributed by atoms with Crippen molar-refractivity contribution >= 4 is 28.2 Å². The fourth-order valence-corrected chi connectivity index (χ4v) is 2.52. The zero-order chi connectivity index (χ0) is 13.2. The number of fused-ring (bicyclic) bond motifs is 2. The second-order valence-electron chi connectivity index (χ2n) is 4.53. The molecule has 0 atom stereocenters. The molecule has 2 aromatic rings. The summed E-state index contributed by atoms with van der Waals surface area (Å²) in [4.78, 5) is 12.2. The highest BCUT2D eigenvalue weighted by Gasteiger charge is 2.15. The first kappa shape index (κ1) is 12.4. The minimum absolute atomic E-state index is 0.0555. The number of benzene rings is 1. The maximum Gasteiger partial charge on any atom is 0.350 e. The zero-order valence-electron chi connectivity index (χ0n) is 10.4. The fraction of sp³-hybridized carbons (Fsp3) is 0.286. The first-order chi connectivity index (χ1) is 9.29. The van der Waals surface area contributed by atoms with Gasteiger partial charge in [-0.1, -0.05) is 40.2 Å². The molecule has 0 aliphatic carbocycles. The molecule has 3 rings (SSSR count). The van der Waals surface area contributed by atoms with E-state index in [1.807, 2.05) is 24.4 Å². The largest absolute Gasteiger partial charge is 0.350 e. The van der Waals surface area contributed by atoms with Gasteiger partial charge in [-0.05, 0) is 23.6 Å². The summed E-state index contributed by atoms with van der Waals surface area (Å²) in [6.45, 7) is 0.652. The minimum atomic E-state index is -0.0555. The second-order valence-corrected chi connectivity index (χ2v) is 5.32. The maximum atomic E-state index is 12.2. The number of aryl methyl sites for hydroxylation is 1. The van der Waals surface area contributed by atoms with Crippen LogP contribution in [0.2, 0.25) is 0 Å². The van der Waals surface area contributed by atoms with E-state index in [4.69, 9.17) is 0 Å². The Bertz CT molecular complexity index is 684. The highest BCUT2D eigenvalue weighted by Crippen LogP contribution is 2.18. The van der Waals surface area contributed by atoms with E-state index in [1.165, 1.54) is 5.56 Å². The Morgan fingerprint density at radius 3 is 3.00 bits per heavy atom. The van der Waals surface area contributed by atoms with Crippen molar-refractivity contribution in [3.63, 3.8) is 0 Å². The highest BCUT2D eigenvalue weighted by molar-refractivity contribution is 9.09. The molecular weight excluding hydrogens is 306 g/mol. The van der Waals surface area contributed by atoms with Crippen molar-refractivity contribution in [3.8, 4) is 0 Å². The summed E-state index contributed by atoms with van der Waals surface area (Å²) < 4.78 is 3.20. The summed E-state index contributed by atoms with van der Waals surface area (Å²) in [6.07, 6.45) is 5.39. The third-order valence-corrected chi connectivity index (χ3v) is 3.81. The van der Waals surface area contributed by atoms with Gasteiger partial charge in [-0.2, -0.15) is 5.10 Å². The lowest BCUT2D eigenvalue weighted by Crippen LogP contribution is -2.22. The van der Waals surface area contributed by atoms with Crippen LogP contribution in [-0.4, -0.2) is 19.7 Å². The summed E-state index contributed by atoms with van der Waals surface area (Å²) in [5.41, 5.74) is 2.30. The van der Waals surface area contributed by atoms with Crippen LogP contribution in [-0.2, 0) is 13.0 Å². The van der Waals surface area contributed by atoms with Crippen LogP contribution < -0.4 is 5.69 Å². The van der Waals surface area contributed by atoms with Gasteiger partial charge in [0.2, 0.25) is 0 Å². The van der Waals surface area contributed by atoms with Crippen LogP contribution in [0.3, 0.4) is 0 Å². The number of hydrogen-bond donors (Lipinski definition) is 0. The molecule has 4 nitrogen and oxygen atoms in total. The molecule has 98 valence electrons. The normalized spacial score (nSPS) is 12.9. The van der Waals surface area contributed by atoms with Crippen molar-refractivity contribution in [3.05, 3.63) is 51.7 Å². The Hall–Kier alpha value is -1.62. The third-order valence-electron chi connectivity index (χ3n) is 3.25. The van der Waals surface area contributed by atoms with Gasteiger partial charge in [-0.15, -0.1) is 0 Å². The van der Waals surface area contributed by atoms with Crippen molar-refractivity contribution in [2.45, 2.75) is 19.4 Å². The molecule has 0 amide bonds. The Balaban J connectivity index is 2.02.